The van der Waals surface area contributed by atoms with Gasteiger partial charge in [-0.1, -0.05) is 12.2 Å². The molecule has 0 radical (unpaired) electrons. The van der Waals surface area contributed by atoms with Crippen molar-refractivity contribution in [3.63, 3.8) is 0 Å². The van der Waals surface area contributed by atoms with Gasteiger partial charge in [0, 0.05) is 0 Å². The summed E-state index contributed by atoms with van der Waals surface area (Å²) in [5.74, 6) is 0. The average Bonchev–Trinajstić information content (AvgIpc) is 0.811. The third-order valence-corrected chi connectivity index (χ3v) is 0. The number of hydrogen-bond acceptors (Lipinski definition) is 2. The summed E-state index contributed by atoms with van der Waals surface area (Å²) in [6.07, 6.45) is 0. The first kappa shape index (κ1) is 8.96. The fourth-order valence-electron chi connectivity index (χ4n) is 0. The van der Waals surface area contributed by atoms with Gasteiger partial charge in [0.1, 0.15) is 4.32 Å². The minimum absolute atomic E-state index is 0. The van der Waals surface area contributed by atoms with Crippen molar-refractivity contribution in [2.75, 3.05) is 0 Å². The third-order valence-electron chi connectivity index (χ3n) is 0. The average molecular weight is 110 g/mol. The molecule has 32 valence electrons. The molecule has 0 aliphatic heterocycles. The van der Waals surface area contributed by atoms with Gasteiger partial charge in [0.15, 0.2) is 0 Å². The van der Waals surface area contributed by atoms with E-state index in [0.717, 1.165) is 0 Å². The maximum absolute atomic E-state index is 4.71. The Morgan fingerprint density at radius 2 is 1.80 bits per heavy atom. The second kappa shape index (κ2) is 4.20. The van der Waals surface area contributed by atoms with Crippen LogP contribution >= 0.6 is 24.8 Å². The van der Waals surface area contributed by atoms with Gasteiger partial charge in [-0.05, 0) is 0 Å². The minimum Gasteiger partial charge on any atom is -0.385 e. The Labute approximate surface area is 41.7 Å². The largest absolute Gasteiger partial charge is 0.385 e. The molecule has 0 aromatic carbocycles. The van der Waals surface area contributed by atoms with E-state index >= 15 is 0 Å². The highest BCUT2D eigenvalue weighted by Crippen LogP contribution is 1.63. The molecule has 0 bridgehead atoms. The van der Waals surface area contributed by atoms with E-state index in [2.05, 4.69) is 24.8 Å². The normalized spacial score (nSPS) is 5.00. The monoisotopic (exact) mass is 110 g/mol. The highest BCUT2D eigenvalue weighted by molar-refractivity contribution is 8.10. The molecule has 0 heterocycles. The molecule has 0 atom stereocenters. The van der Waals surface area contributed by atoms with Gasteiger partial charge in [0.25, 0.3) is 0 Å². The zero-order valence-electron chi connectivity index (χ0n) is 2.64. The lowest BCUT2D eigenvalue weighted by atomic mass is 11.5. The van der Waals surface area contributed by atoms with E-state index in [4.69, 9.17) is 5.73 Å². The van der Waals surface area contributed by atoms with Crippen LogP contribution < -0.4 is 11.9 Å². The van der Waals surface area contributed by atoms with Gasteiger partial charge in [-0.2, -0.15) is 0 Å². The molecule has 0 aliphatic rings. The molecule has 0 aliphatic carbocycles. The predicted molar refractivity (Wildman–Crippen MR) is 30.8 cm³/mol. The second-order valence-corrected chi connectivity index (χ2v) is 1.56. The topological polar surface area (TPSA) is 61.0 Å². The Morgan fingerprint density at radius 1 is 1.80 bits per heavy atom. The quantitative estimate of drug-likeness (QED) is 0.311. The Morgan fingerprint density at radius 3 is 1.80 bits per heavy atom. The summed E-state index contributed by atoms with van der Waals surface area (Å²) in [7, 11) is 0. The molecular weight excluding hydrogens is 104 g/mol. The highest BCUT2D eigenvalue weighted by Gasteiger charge is 1.55. The molecule has 5 N–H and O–H groups in total. The van der Waals surface area contributed by atoms with Crippen molar-refractivity contribution >= 4 is 29.2 Å². The van der Waals surface area contributed by atoms with E-state index in [1.807, 2.05) is 0 Å². The second-order valence-electron chi connectivity index (χ2n) is 0.338. The van der Waals surface area contributed by atoms with Crippen molar-refractivity contribution in [1.82, 2.24) is 6.15 Å². The van der Waals surface area contributed by atoms with Gasteiger partial charge in [-0.15, -0.1) is 12.6 Å². The van der Waals surface area contributed by atoms with Gasteiger partial charge in [0.2, 0.25) is 0 Å². The molecule has 0 unspecified atom stereocenters. The SMILES string of the molecule is N.NC(=S)S. The van der Waals surface area contributed by atoms with E-state index in [1.165, 1.54) is 0 Å². The lowest BCUT2D eigenvalue weighted by Crippen LogP contribution is -1.94. The molecule has 0 rings (SSSR count). The first-order valence-corrected chi connectivity index (χ1v) is 1.57. The van der Waals surface area contributed by atoms with Crippen LogP contribution in [0.3, 0.4) is 0 Å². The van der Waals surface area contributed by atoms with Crippen molar-refractivity contribution in [2.24, 2.45) is 5.73 Å². The maximum atomic E-state index is 4.71. The molecule has 0 aromatic heterocycles. The lowest BCUT2D eigenvalue weighted by Gasteiger charge is -1.64. The van der Waals surface area contributed by atoms with Crippen molar-refractivity contribution in [1.29, 1.82) is 0 Å². The Bertz CT molecular complexity index is 30.6. The molecular formula is CH6N2S2. The molecule has 0 spiro atoms. The van der Waals surface area contributed by atoms with Crippen LogP contribution in [0.25, 0.3) is 0 Å². The van der Waals surface area contributed by atoms with Gasteiger partial charge in [-0.3, -0.25) is 0 Å². The summed E-state index contributed by atoms with van der Waals surface area (Å²) < 4.78 is 0.194. The van der Waals surface area contributed by atoms with Crippen LogP contribution in [0.1, 0.15) is 0 Å². The standard InChI is InChI=1S/CH3NS2.H3N/c2-1(3)4;/h(H3,2,3,4);1H3. The van der Waals surface area contributed by atoms with Gasteiger partial charge in [0.05, 0.1) is 0 Å². The molecule has 4 heteroatoms. The Kier molecular flexibility index (Phi) is 7.52. The fraction of sp³-hybridized carbons (Fsp3) is 0. The number of thiocarbonyl (C=S) groups is 1. The van der Waals surface area contributed by atoms with E-state index < -0.39 is 0 Å². The van der Waals surface area contributed by atoms with Crippen LogP contribution in [0, 0.1) is 0 Å². The molecule has 0 saturated heterocycles. The number of rotatable bonds is 0. The van der Waals surface area contributed by atoms with Crippen LogP contribution in [0.15, 0.2) is 0 Å². The van der Waals surface area contributed by atoms with Crippen molar-refractivity contribution in [3.8, 4) is 0 Å². The smallest absolute Gasteiger partial charge is 0.128 e. The van der Waals surface area contributed by atoms with E-state index in [0.29, 0.717) is 0 Å². The molecule has 0 saturated carbocycles. The number of nitrogens with two attached hydrogens (primary N) is 1. The number of hydrogen-bond donors (Lipinski definition) is 3. The summed E-state index contributed by atoms with van der Waals surface area (Å²) in [5.41, 5.74) is 4.71. The van der Waals surface area contributed by atoms with Gasteiger partial charge >= 0.3 is 0 Å². The van der Waals surface area contributed by atoms with Crippen molar-refractivity contribution < 1.29 is 0 Å². The lowest BCUT2D eigenvalue weighted by molar-refractivity contribution is 1.91. The Balaban J connectivity index is 0. The van der Waals surface area contributed by atoms with E-state index in [1.54, 1.807) is 0 Å². The Hall–Kier alpha value is 0.200. The summed E-state index contributed by atoms with van der Waals surface area (Å²) in [4.78, 5) is 0. The molecule has 5 heavy (non-hydrogen) atoms. The maximum Gasteiger partial charge on any atom is 0.128 e. The van der Waals surface area contributed by atoms with Gasteiger partial charge in [-0.25, -0.2) is 0 Å². The van der Waals surface area contributed by atoms with Crippen LogP contribution in [-0.2, 0) is 0 Å². The molecule has 2 nitrogen and oxygen atoms in total. The van der Waals surface area contributed by atoms with E-state index in [-0.39, 0.29) is 10.5 Å². The van der Waals surface area contributed by atoms with Crippen LogP contribution in [0.2, 0.25) is 0 Å². The summed E-state index contributed by atoms with van der Waals surface area (Å²) in [6.45, 7) is 0. The summed E-state index contributed by atoms with van der Waals surface area (Å²) in [5, 5.41) is 0. The van der Waals surface area contributed by atoms with Crippen molar-refractivity contribution in [2.45, 2.75) is 0 Å². The summed E-state index contributed by atoms with van der Waals surface area (Å²) in [6, 6.07) is 0. The first-order valence-electron chi connectivity index (χ1n) is 0.716. The highest BCUT2D eigenvalue weighted by atomic mass is 32.1. The van der Waals surface area contributed by atoms with Crippen LogP contribution in [0.5, 0.6) is 0 Å². The van der Waals surface area contributed by atoms with Crippen LogP contribution in [0.4, 0.5) is 0 Å². The minimum atomic E-state index is 0. The molecule has 0 aromatic rings. The van der Waals surface area contributed by atoms with E-state index in [9.17, 15) is 0 Å². The molecule has 0 fully saturated rings. The summed E-state index contributed by atoms with van der Waals surface area (Å²) >= 11 is 7.65. The first-order chi connectivity index (χ1) is 1.73. The predicted octanol–water partition coefficient (Wildman–Crippen LogP) is 0.322. The zero-order chi connectivity index (χ0) is 3.58. The van der Waals surface area contributed by atoms with Crippen molar-refractivity contribution in [3.05, 3.63) is 0 Å². The number of thiol groups is 1. The molecule has 0 amide bonds. The fourth-order valence-corrected chi connectivity index (χ4v) is 0. The zero-order valence-corrected chi connectivity index (χ0v) is 4.35. The van der Waals surface area contributed by atoms with Gasteiger partial charge < -0.3 is 11.9 Å². The third kappa shape index (κ3) is 508. The van der Waals surface area contributed by atoms with Crippen LogP contribution in [-0.4, -0.2) is 4.32 Å².